The topological polar surface area (TPSA) is 43.8 Å². The second-order valence-corrected chi connectivity index (χ2v) is 7.66. The number of aliphatic hydroxyl groups is 1. The van der Waals surface area contributed by atoms with E-state index in [1.807, 2.05) is 34.9 Å². The molecule has 0 aromatic heterocycles. The molecule has 0 saturated carbocycles. The van der Waals surface area contributed by atoms with E-state index in [1.165, 1.54) is 0 Å². The number of likely N-dealkylation sites (tertiary alicyclic amines) is 1. The van der Waals surface area contributed by atoms with Crippen LogP contribution in [0.5, 0.6) is 0 Å². The van der Waals surface area contributed by atoms with E-state index in [1.54, 1.807) is 0 Å². The number of rotatable bonds is 4. The molecule has 2 fully saturated rings. The molecule has 2 aliphatic rings. The summed E-state index contributed by atoms with van der Waals surface area (Å²) in [6.45, 7) is 3.63. The summed E-state index contributed by atoms with van der Waals surface area (Å²) >= 11 is 1.96. The first-order valence-corrected chi connectivity index (χ1v) is 9.71. The highest BCUT2D eigenvalue weighted by atomic mass is 32.2. The number of hydrogen-bond donors (Lipinski definition) is 1. The molecule has 2 heterocycles. The molecule has 23 heavy (non-hydrogen) atoms. The van der Waals surface area contributed by atoms with Crippen LogP contribution < -0.4 is 0 Å². The van der Waals surface area contributed by atoms with Crippen LogP contribution in [0.25, 0.3) is 0 Å². The average molecular weight is 334 g/mol. The first-order valence-electron chi connectivity index (χ1n) is 8.56. The van der Waals surface area contributed by atoms with Gasteiger partial charge < -0.3 is 10.0 Å². The van der Waals surface area contributed by atoms with Gasteiger partial charge in [-0.15, -0.1) is 0 Å². The van der Waals surface area contributed by atoms with Crippen molar-refractivity contribution < 1.29 is 9.90 Å². The molecule has 0 spiro atoms. The molecule has 126 valence electrons. The molecule has 5 heteroatoms. The van der Waals surface area contributed by atoms with Crippen LogP contribution in [0.1, 0.15) is 24.4 Å². The maximum atomic E-state index is 13.3. The van der Waals surface area contributed by atoms with Gasteiger partial charge in [-0.2, -0.15) is 11.8 Å². The van der Waals surface area contributed by atoms with E-state index in [9.17, 15) is 9.90 Å². The number of aliphatic hydroxyl groups excluding tert-OH is 1. The minimum absolute atomic E-state index is 0.172. The third-order valence-corrected chi connectivity index (χ3v) is 5.79. The molecular weight excluding hydrogens is 308 g/mol. The summed E-state index contributed by atoms with van der Waals surface area (Å²) in [6.07, 6.45) is 2.02. The van der Waals surface area contributed by atoms with Gasteiger partial charge in [0.1, 0.15) is 6.04 Å². The molecule has 1 amide bonds. The third-order valence-electron chi connectivity index (χ3n) is 4.85. The summed E-state index contributed by atoms with van der Waals surface area (Å²) in [4.78, 5) is 17.6. The number of piperidine rings is 1. The summed E-state index contributed by atoms with van der Waals surface area (Å²) in [5.41, 5.74) is 1.09. The molecule has 2 atom stereocenters. The molecule has 1 aromatic rings. The van der Waals surface area contributed by atoms with Crippen LogP contribution in [0.4, 0.5) is 0 Å². The zero-order valence-electron chi connectivity index (χ0n) is 13.6. The molecule has 0 radical (unpaired) electrons. The van der Waals surface area contributed by atoms with Gasteiger partial charge in [-0.25, -0.2) is 0 Å². The molecule has 4 nitrogen and oxygen atoms in total. The average Bonchev–Trinajstić information content (AvgIpc) is 2.64. The number of hydrogen-bond acceptors (Lipinski definition) is 4. The van der Waals surface area contributed by atoms with Crippen LogP contribution in [0.15, 0.2) is 30.3 Å². The van der Waals surface area contributed by atoms with Crippen molar-refractivity contribution in [2.24, 2.45) is 5.92 Å². The van der Waals surface area contributed by atoms with Crippen molar-refractivity contribution in [2.75, 3.05) is 44.3 Å². The monoisotopic (exact) mass is 334 g/mol. The number of carbonyl (C=O) groups is 1. The van der Waals surface area contributed by atoms with E-state index in [0.717, 1.165) is 49.5 Å². The second kappa shape index (κ2) is 8.18. The Kier molecular flexibility index (Phi) is 5.97. The SMILES string of the molecule is O=C(C(c1ccccc1)N1CCSCC1)N1CCCC(CO)C1. The molecule has 1 aromatic carbocycles. The van der Waals surface area contributed by atoms with Crippen molar-refractivity contribution in [1.29, 1.82) is 0 Å². The largest absolute Gasteiger partial charge is 0.396 e. The van der Waals surface area contributed by atoms with Crippen LogP contribution >= 0.6 is 11.8 Å². The maximum absolute atomic E-state index is 13.3. The zero-order valence-corrected chi connectivity index (χ0v) is 14.4. The summed E-state index contributed by atoms with van der Waals surface area (Å²) < 4.78 is 0. The first-order chi connectivity index (χ1) is 11.3. The predicted octanol–water partition coefficient (Wildman–Crippen LogP) is 2.01. The molecule has 1 N–H and O–H groups in total. The summed E-state index contributed by atoms with van der Waals surface area (Å²) in [7, 11) is 0. The Morgan fingerprint density at radius 1 is 1.22 bits per heavy atom. The number of benzene rings is 1. The summed E-state index contributed by atoms with van der Waals surface area (Å²) in [6, 6.07) is 9.99. The molecular formula is C18H26N2O2S. The highest BCUT2D eigenvalue weighted by Crippen LogP contribution is 2.28. The Morgan fingerprint density at radius 3 is 2.65 bits per heavy atom. The first kappa shape index (κ1) is 16.8. The minimum Gasteiger partial charge on any atom is -0.396 e. The van der Waals surface area contributed by atoms with Gasteiger partial charge in [0.2, 0.25) is 5.91 Å². The van der Waals surface area contributed by atoms with Gasteiger partial charge in [0, 0.05) is 44.3 Å². The number of nitrogens with zero attached hydrogens (tertiary/aromatic N) is 2. The second-order valence-electron chi connectivity index (χ2n) is 6.44. The van der Waals surface area contributed by atoms with Gasteiger partial charge in [0.25, 0.3) is 0 Å². The molecule has 2 unspecified atom stereocenters. The standard InChI is InChI=1S/C18H26N2O2S/c21-14-15-5-4-8-20(13-15)18(22)17(16-6-2-1-3-7-16)19-9-11-23-12-10-19/h1-3,6-7,15,17,21H,4-5,8-14H2. The fourth-order valence-electron chi connectivity index (χ4n) is 3.57. The van der Waals surface area contributed by atoms with E-state index in [0.29, 0.717) is 6.54 Å². The Labute approximate surface area is 142 Å². The van der Waals surface area contributed by atoms with Gasteiger partial charge in [0.05, 0.1) is 0 Å². The Hall–Kier alpha value is -1.04. The molecule has 2 aliphatic heterocycles. The van der Waals surface area contributed by atoms with Gasteiger partial charge in [-0.3, -0.25) is 9.69 Å². The van der Waals surface area contributed by atoms with Crippen molar-refractivity contribution in [3.05, 3.63) is 35.9 Å². The lowest BCUT2D eigenvalue weighted by Crippen LogP contribution is -2.49. The van der Waals surface area contributed by atoms with Gasteiger partial charge in [-0.05, 0) is 24.3 Å². The van der Waals surface area contributed by atoms with Crippen molar-refractivity contribution in [2.45, 2.75) is 18.9 Å². The lowest BCUT2D eigenvalue weighted by molar-refractivity contribution is -0.139. The van der Waals surface area contributed by atoms with E-state index >= 15 is 0 Å². The van der Waals surface area contributed by atoms with E-state index in [-0.39, 0.29) is 24.5 Å². The van der Waals surface area contributed by atoms with Crippen molar-refractivity contribution >= 4 is 17.7 Å². The quantitative estimate of drug-likeness (QED) is 0.915. The van der Waals surface area contributed by atoms with Crippen LogP contribution in [0.3, 0.4) is 0 Å². The van der Waals surface area contributed by atoms with Crippen LogP contribution in [-0.4, -0.2) is 65.1 Å². The summed E-state index contributed by atoms with van der Waals surface area (Å²) in [5, 5.41) is 9.44. The number of thioether (sulfide) groups is 1. The Bertz CT molecular complexity index is 505. The predicted molar refractivity (Wildman–Crippen MR) is 94.5 cm³/mol. The molecule has 0 aliphatic carbocycles. The lowest BCUT2D eigenvalue weighted by Gasteiger charge is -2.39. The van der Waals surface area contributed by atoms with Gasteiger partial charge >= 0.3 is 0 Å². The van der Waals surface area contributed by atoms with Crippen LogP contribution in [0, 0.1) is 5.92 Å². The van der Waals surface area contributed by atoms with E-state index < -0.39 is 0 Å². The maximum Gasteiger partial charge on any atom is 0.244 e. The Morgan fingerprint density at radius 2 is 1.96 bits per heavy atom. The van der Waals surface area contributed by atoms with Crippen molar-refractivity contribution in [1.82, 2.24) is 9.80 Å². The lowest BCUT2D eigenvalue weighted by atomic mass is 9.96. The third kappa shape index (κ3) is 4.08. The molecule has 3 rings (SSSR count). The normalized spacial score (nSPS) is 24.4. The van der Waals surface area contributed by atoms with Crippen LogP contribution in [0.2, 0.25) is 0 Å². The number of carbonyl (C=O) groups excluding carboxylic acids is 1. The fourth-order valence-corrected chi connectivity index (χ4v) is 4.50. The zero-order chi connectivity index (χ0) is 16.1. The van der Waals surface area contributed by atoms with E-state index in [2.05, 4.69) is 17.0 Å². The smallest absolute Gasteiger partial charge is 0.244 e. The van der Waals surface area contributed by atoms with Gasteiger partial charge in [-0.1, -0.05) is 30.3 Å². The number of amides is 1. The van der Waals surface area contributed by atoms with Crippen molar-refractivity contribution in [3.63, 3.8) is 0 Å². The van der Waals surface area contributed by atoms with E-state index in [4.69, 9.17) is 0 Å². The van der Waals surface area contributed by atoms with Gasteiger partial charge in [0.15, 0.2) is 0 Å². The molecule has 2 saturated heterocycles. The highest BCUT2D eigenvalue weighted by Gasteiger charge is 2.34. The Balaban J connectivity index is 1.80. The molecule has 0 bridgehead atoms. The van der Waals surface area contributed by atoms with Crippen molar-refractivity contribution in [3.8, 4) is 0 Å². The highest BCUT2D eigenvalue weighted by molar-refractivity contribution is 7.99. The van der Waals surface area contributed by atoms with Crippen LogP contribution in [-0.2, 0) is 4.79 Å². The fraction of sp³-hybridized carbons (Fsp3) is 0.611. The summed E-state index contributed by atoms with van der Waals surface area (Å²) in [5.74, 6) is 2.63. The minimum atomic E-state index is -0.172.